The number of rotatable bonds is 5. The molecule has 1 saturated carbocycles. The molecule has 0 radical (unpaired) electrons. The van der Waals surface area contributed by atoms with E-state index < -0.39 is 40.4 Å². The Bertz CT molecular complexity index is 882. The van der Waals surface area contributed by atoms with E-state index in [9.17, 15) is 22.8 Å². The summed E-state index contributed by atoms with van der Waals surface area (Å²) in [6, 6.07) is 8.18. The first-order chi connectivity index (χ1) is 12.4. The molecule has 5 nitrogen and oxygen atoms in total. The molecule has 0 heterocycles. The quantitative estimate of drug-likeness (QED) is 0.631. The molecule has 0 spiro atoms. The molecule has 2 aromatic rings. The molecule has 0 unspecified atom stereocenters. The summed E-state index contributed by atoms with van der Waals surface area (Å²) in [6.07, 6.45) is 0.528. The van der Waals surface area contributed by atoms with Crippen LogP contribution in [0.1, 0.15) is 12.8 Å². The smallest absolute Gasteiger partial charge is 0.240 e. The van der Waals surface area contributed by atoms with Gasteiger partial charge in [0.1, 0.15) is 11.2 Å². The zero-order valence-electron chi connectivity index (χ0n) is 13.7. The summed E-state index contributed by atoms with van der Waals surface area (Å²) in [6.45, 7) is 0. The molecule has 2 aromatic carbocycles. The zero-order valence-corrected chi connectivity index (χ0v) is 13.7. The summed E-state index contributed by atoms with van der Waals surface area (Å²) >= 11 is 0. The second-order valence-corrected chi connectivity index (χ2v) is 5.95. The summed E-state index contributed by atoms with van der Waals surface area (Å²) in [4.78, 5) is 24.9. The third-order valence-electron chi connectivity index (χ3n) is 4.23. The lowest BCUT2D eigenvalue weighted by atomic mass is 10.0. The van der Waals surface area contributed by atoms with Crippen molar-refractivity contribution < 1.29 is 27.5 Å². The first kappa shape index (κ1) is 17.8. The van der Waals surface area contributed by atoms with Gasteiger partial charge in [0.2, 0.25) is 11.8 Å². The van der Waals surface area contributed by atoms with E-state index in [1.54, 1.807) is 24.3 Å². The van der Waals surface area contributed by atoms with E-state index in [0.29, 0.717) is 17.5 Å². The molecule has 1 aliphatic carbocycles. The fourth-order valence-electron chi connectivity index (χ4n) is 2.50. The van der Waals surface area contributed by atoms with Gasteiger partial charge < -0.3 is 15.4 Å². The maximum absolute atomic E-state index is 13.7. The van der Waals surface area contributed by atoms with Gasteiger partial charge in [0.05, 0.1) is 12.8 Å². The fourth-order valence-corrected chi connectivity index (χ4v) is 2.50. The van der Waals surface area contributed by atoms with E-state index in [2.05, 4.69) is 10.6 Å². The predicted molar refractivity (Wildman–Crippen MR) is 88.2 cm³/mol. The largest absolute Gasteiger partial charge is 0.497 e. The Hall–Kier alpha value is -3.03. The highest BCUT2D eigenvalue weighted by Crippen LogP contribution is 2.47. The van der Waals surface area contributed by atoms with E-state index in [4.69, 9.17) is 4.74 Å². The van der Waals surface area contributed by atoms with Gasteiger partial charge in [0.15, 0.2) is 17.5 Å². The Balaban J connectivity index is 1.74. The van der Waals surface area contributed by atoms with E-state index in [0.717, 1.165) is 6.07 Å². The van der Waals surface area contributed by atoms with Crippen LogP contribution < -0.4 is 15.4 Å². The number of ether oxygens (including phenoxy) is 1. The fraction of sp³-hybridized carbons (Fsp3) is 0.222. The maximum Gasteiger partial charge on any atom is 0.240 e. The normalized spacial score (nSPS) is 14.5. The summed E-state index contributed by atoms with van der Waals surface area (Å²) < 4.78 is 45.0. The van der Waals surface area contributed by atoms with Crippen LogP contribution in [0, 0.1) is 22.9 Å². The average Bonchev–Trinajstić information content (AvgIpc) is 3.44. The number of amides is 2. The Morgan fingerprint density at radius 1 is 1.00 bits per heavy atom. The number of halogens is 3. The van der Waals surface area contributed by atoms with Crippen LogP contribution in [0.25, 0.3) is 0 Å². The van der Waals surface area contributed by atoms with Crippen LogP contribution in [0.5, 0.6) is 5.75 Å². The topological polar surface area (TPSA) is 67.4 Å². The van der Waals surface area contributed by atoms with Crippen molar-refractivity contribution in [3.05, 3.63) is 53.8 Å². The molecule has 0 bridgehead atoms. The van der Waals surface area contributed by atoms with E-state index in [1.165, 1.54) is 7.11 Å². The molecule has 0 aliphatic heterocycles. The van der Waals surface area contributed by atoms with E-state index >= 15 is 0 Å². The van der Waals surface area contributed by atoms with Gasteiger partial charge in [-0.3, -0.25) is 9.59 Å². The Labute approximate surface area is 147 Å². The molecule has 2 N–H and O–H groups in total. The van der Waals surface area contributed by atoms with Crippen LogP contribution >= 0.6 is 0 Å². The SMILES string of the molecule is COc1cccc(NC(=O)C2(C(=O)Nc3ccc(F)c(F)c3F)CC2)c1. The van der Waals surface area contributed by atoms with Crippen molar-refractivity contribution in [1.82, 2.24) is 0 Å². The lowest BCUT2D eigenvalue weighted by Gasteiger charge is -2.16. The second kappa shape index (κ2) is 6.70. The van der Waals surface area contributed by atoms with Gasteiger partial charge in [-0.25, -0.2) is 13.2 Å². The van der Waals surface area contributed by atoms with Crippen molar-refractivity contribution in [2.75, 3.05) is 17.7 Å². The molecule has 2 amide bonds. The molecular formula is C18H15F3N2O3. The lowest BCUT2D eigenvalue weighted by molar-refractivity contribution is -0.131. The summed E-state index contributed by atoms with van der Waals surface area (Å²) in [5.74, 6) is -5.37. The molecule has 26 heavy (non-hydrogen) atoms. The number of hydrogen-bond acceptors (Lipinski definition) is 3. The molecule has 0 saturated heterocycles. The van der Waals surface area contributed by atoms with Crippen molar-refractivity contribution in [3.63, 3.8) is 0 Å². The number of hydrogen-bond donors (Lipinski definition) is 2. The zero-order chi connectivity index (χ0) is 18.9. The maximum atomic E-state index is 13.7. The minimum absolute atomic E-state index is 0.264. The second-order valence-electron chi connectivity index (χ2n) is 5.95. The Morgan fingerprint density at radius 2 is 1.69 bits per heavy atom. The van der Waals surface area contributed by atoms with Gasteiger partial charge in [0.25, 0.3) is 0 Å². The number of carbonyl (C=O) groups is 2. The van der Waals surface area contributed by atoms with Crippen molar-refractivity contribution in [2.24, 2.45) is 5.41 Å². The van der Waals surface area contributed by atoms with Crippen LogP contribution in [0.15, 0.2) is 36.4 Å². The first-order valence-corrected chi connectivity index (χ1v) is 7.78. The van der Waals surface area contributed by atoms with Gasteiger partial charge in [-0.15, -0.1) is 0 Å². The first-order valence-electron chi connectivity index (χ1n) is 7.78. The van der Waals surface area contributed by atoms with Gasteiger partial charge in [-0.1, -0.05) is 6.07 Å². The molecular weight excluding hydrogens is 349 g/mol. The molecule has 8 heteroatoms. The number of methoxy groups -OCH3 is 1. The number of carbonyl (C=O) groups excluding carboxylic acids is 2. The Kier molecular flexibility index (Phi) is 4.58. The molecule has 136 valence electrons. The highest BCUT2D eigenvalue weighted by atomic mass is 19.2. The molecule has 1 fully saturated rings. The van der Waals surface area contributed by atoms with Crippen LogP contribution in [0.3, 0.4) is 0 Å². The van der Waals surface area contributed by atoms with Crippen molar-refractivity contribution >= 4 is 23.2 Å². The highest BCUT2D eigenvalue weighted by Gasteiger charge is 2.56. The van der Waals surface area contributed by atoms with Crippen LogP contribution in [0.4, 0.5) is 24.5 Å². The molecule has 0 atom stereocenters. The minimum Gasteiger partial charge on any atom is -0.497 e. The van der Waals surface area contributed by atoms with Gasteiger partial charge in [0, 0.05) is 11.8 Å². The summed E-state index contributed by atoms with van der Waals surface area (Å²) in [5.41, 5.74) is -1.46. The monoisotopic (exact) mass is 364 g/mol. The lowest BCUT2D eigenvalue weighted by Crippen LogP contribution is -2.36. The molecule has 0 aromatic heterocycles. The van der Waals surface area contributed by atoms with Crippen LogP contribution in [0.2, 0.25) is 0 Å². The third-order valence-corrected chi connectivity index (χ3v) is 4.23. The number of nitrogens with one attached hydrogen (secondary N) is 2. The number of benzene rings is 2. The molecule has 1 aliphatic rings. The minimum atomic E-state index is -1.69. The standard InChI is InChI=1S/C18H15F3N2O3/c1-26-11-4-2-3-10(9-11)22-16(24)18(7-8-18)17(25)23-13-6-5-12(19)14(20)15(13)21/h2-6,9H,7-8H2,1H3,(H,22,24)(H,23,25). The van der Waals surface area contributed by atoms with Gasteiger partial charge >= 0.3 is 0 Å². The van der Waals surface area contributed by atoms with Gasteiger partial charge in [-0.05, 0) is 37.1 Å². The summed E-state index contributed by atoms with van der Waals surface area (Å²) in [5, 5.41) is 4.78. The van der Waals surface area contributed by atoms with Crippen molar-refractivity contribution in [3.8, 4) is 5.75 Å². The average molecular weight is 364 g/mol. The van der Waals surface area contributed by atoms with Gasteiger partial charge in [-0.2, -0.15) is 0 Å². The number of anilines is 2. The summed E-state index contributed by atoms with van der Waals surface area (Å²) in [7, 11) is 1.48. The van der Waals surface area contributed by atoms with E-state index in [1.807, 2.05) is 0 Å². The van der Waals surface area contributed by atoms with E-state index in [-0.39, 0.29) is 12.8 Å². The van der Waals surface area contributed by atoms with Crippen LogP contribution in [-0.2, 0) is 9.59 Å². The predicted octanol–water partition coefficient (Wildman–Crippen LogP) is 3.47. The van der Waals surface area contributed by atoms with Crippen molar-refractivity contribution in [1.29, 1.82) is 0 Å². The Morgan fingerprint density at radius 3 is 2.35 bits per heavy atom. The third kappa shape index (κ3) is 3.22. The molecule has 3 rings (SSSR count). The van der Waals surface area contributed by atoms with Crippen molar-refractivity contribution in [2.45, 2.75) is 12.8 Å². The van der Waals surface area contributed by atoms with Crippen LogP contribution in [-0.4, -0.2) is 18.9 Å². The highest BCUT2D eigenvalue weighted by molar-refractivity contribution is 6.16.